The number of carboxylic acid groups (broad SMARTS) is 1. The average Bonchev–Trinajstić information content (AvgIpc) is 2.42. The Hall–Kier alpha value is -2.04. The van der Waals surface area contributed by atoms with Crippen LogP contribution < -0.4 is 10.1 Å². The zero-order valence-corrected chi connectivity index (χ0v) is 14.8. The summed E-state index contributed by atoms with van der Waals surface area (Å²) in [6, 6.07) is 7.78. The van der Waals surface area contributed by atoms with E-state index in [0.717, 1.165) is 5.75 Å². The van der Waals surface area contributed by atoms with Gasteiger partial charge in [0.2, 0.25) is 5.91 Å². The minimum absolute atomic E-state index is 0.100. The van der Waals surface area contributed by atoms with Gasteiger partial charge in [-0.15, -0.1) is 0 Å². The van der Waals surface area contributed by atoms with Crippen molar-refractivity contribution in [1.29, 1.82) is 0 Å². The van der Waals surface area contributed by atoms with E-state index in [2.05, 4.69) is 26.1 Å². The van der Waals surface area contributed by atoms with E-state index in [1.807, 2.05) is 31.2 Å². The lowest BCUT2D eigenvalue weighted by atomic mass is 9.73. The molecule has 1 aliphatic carbocycles. The van der Waals surface area contributed by atoms with Gasteiger partial charge in [-0.05, 0) is 42.9 Å². The normalized spacial score (nSPS) is 21.5. The van der Waals surface area contributed by atoms with Crippen LogP contribution in [0.1, 0.15) is 46.1 Å². The van der Waals surface area contributed by atoms with E-state index in [1.54, 1.807) is 0 Å². The number of benzene rings is 1. The van der Waals surface area contributed by atoms with Crippen LogP contribution in [0.25, 0.3) is 0 Å². The predicted octanol–water partition coefficient (Wildman–Crippen LogP) is 2.98. The van der Waals surface area contributed by atoms with E-state index in [4.69, 9.17) is 9.84 Å². The first-order valence-corrected chi connectivity index (χ1v) is 8.45. The second-order valence-corrected chi connectivity index (χ2v) is 7.62. The van der Waals surface area contributed by atoms with E-state index >= 15 is 0 Å². The molecule has 0 radical (unpaired) electrons. The minimum Gasteiger partial charge on any atom is -0.491 e. The van der Waals surface area contributed by atoms with Crippen molar-refractivity contribution in [3.05, 3.63) is 29.8 Å². The SMILES string of the molecule is CC(COc1ccc(C(C)(C)C)cc1)NC(=O)C1CCC1C(=O)O. The zero-order valence-electron chi connectivity index (χ0n) is 14.8. The Morgan fingerprint density at radius 2 is 1.79 bits per heavy atom. The highest BCUT2D eigenvalue weighted by atomic mass is 16.5. The predicted molar refractivity (Wildman–Crippen MR) is 92.1 cm³/mol. The van der Waals surface area contributed by atoms with Gasteiger partial charge in [0.25, 0.3) is 0 Å². The van der Waals surface area contributed by atoms with Gasteiger partial charge in [0.05, 0.1) is 17.9 Å². The Morgan fingerprint density at radius 1 is 1.21 bits per heavy atom. The molecule has 2 N–H and O–H groups in total. The number of nitrogens with one attached hydrogen (secondary N) is 1. The van der Waals surface area contributed by atoms with Gasteiger partial charge in [-0.2, -0.15) is 0 Å². The van der Waals surface area contributed by atoms with Crippen LogP contribution in [0.4, 0.5) is 0 Å². The van der Waals surface area contributed by atoms with Crippen LogP contribution in [-0.4, -0.2) is 29.6 Å². The Morgan fingerprint density at radius 3 is 2.25 bits per heavy atom. The zero-order chi connectivity index (χ0) is 17.9. The fraction of sp³-hybridized carbons (Fsp3) is 0.579. The molecule has 1 saturated carbocycles. The third-order valence-electron chi connectivity index (χ3n) is 4.54. The van der Waals surface area contributed by atoms with Crippen molar-refractivity contribution in [1.82, 2.24) is 5.32 Å². The van der Waals surface area contributed by atoms with Crippen molar-refractivity contribution in [2.75, 3.05) is 6.61 Å². The minimum atomic E-state index is -0.885. The molecule has 1 amide bonds. The summed E-state index contributed by atoms with van der Waals surface area (Å²) in [6.45, 7) is 8.68. The summed E-state index contributed by atoms with van der Waals surface area (Å²) in [5.41, 5.74) is 1.34. The largest absolute Gasteiger partial charge is 0.491 e. The molecule has 0 bridgehead atoms. The Labute approximate surface area is 143 Å². The van der Waals surface area contributed by atoms with Gasteiger partial charge < -0.3 is 15.2 Å². The van der Waals surface area contributed by atoms with Gasteiger partial charge in [-0.3, -0.25) is 9.59 Å². The topological polar surface area (TPSA) is 75.6 Å². The van der Waals surface area contributed by atoms with Crippen LogP contribution in [0, 0.1) is 11.8 Å². The second-order valence-electron chi connectivity index (χ2n) is 7.62. The van der Waals surface area contributed by atoms with E-state index in [9.17, 15) is 9.59 Å². The molecule has 1 fully saturated rings. The number of carbonyl (C=O) groups is 2. The summed E-state index contributed by atoms with van der Waals surface area (Å²) in [5, 5.41) is 11.9. The van der Waals surface area contributed by atoms with Crippen molar-refractivity contribution in [2.24, 2.45) is 11.8 Å². The number of ether oxygens (including phenoxy) is 1. The van der Waals surface area contributed by atoms with Crippen LogP contribution in [-0.2, 0) is 15.0 Å². The van der Waals surface area contributed by atoms with Crippen molar-refractivity contribution in [3.63, 3.8) is 0 Å². The van der Waals surface area contributed by atoms with Crippen molar-refractivity contribution < 1.29 is 19.4 Å². The maximum absolute atomic E-state index is 12.1. The third kappa shape index (κ3) is 4.49. The fourth-order valence-electron chi connectivity index (χ4n) is 2.77. The Bertz CT molecular complexity index is 588. The van der Waals surface area contributed by atoms with Gasteiger partial charge >= 0.3 is 5.97 Å². The summed E-state index contributed by atoms with van der Waals surface area (Å²) >= 11 is 0. The molecule has 2 rings (SSSR count). The lowest BCUT2D eigenvalue weighted by Crippen LogP contribution is -2.47. The third-order valence-corrected chi connectivity index (χ3v) is 4.54. The van der Waals surface area contributed by atoms with Crippen molar-refractivity contribution in [3.8, 4) is 5.75 Å². The number of hydrogen-bond acceptors (Lipinski definition) is 3. The number of hydrogen-bond donors (Lipinski definition) is 2. The van der Waals surface area contributed by atoms with Crippen LogP contribution in [0.3, 0.4) is 0 Å². The van der Waals surface area contributed by atoms with Gasteiger partial charge in [0.15, 0.2) is 0 Å². The van der Waals surface area contributed by atoms with Crippen LogP contribution in [0.2, 0.25) is 0 Å². The molecule has 3 unspecified atom stereocenters. The Kier molecular flexibility index (Phi) is 5.52. The summed E-state index contributed by atoms with van der Waals surface area (Å²) < 4.78 is 5.71. The summed E-state index contributed by atoms with van der Waals surface area (Å²) in [5.74, 6) is -1.26. The number of carboxylic acids is 1. The van der Waals surface area contributed by atoms with E-state index < -0.39 is 17.8 Å². The smallest absolute Gasteiger partial charge is 0.307 e. The molecule has 0 heterocycles. The quantitative estimate of drug-likeness (QED) is 0.839. The lowest BCUT2D eigenvalue weighted by Gasteiger charge is -2.32. The molecule has 5 heteroatoms. The van der Waals surface area contributed by atoms with E-state index in [1.165, 1.54) is 5.56 Å². The maximum atomic E-state index is 12.1. The average molecular weight is 333 g/mol. The molecule has 1 aromatic rings. The molecule has 0 aromatic heterocycles. The van der Waals surface area contributed by atoms with Gasteiger partial charge in [-0.25, -0.2) is 0 Å². The molecule has 0 spiro atoms. The van der Waals surface area contributed by atoms with Gasteiger partial charge in [0.1, 0.15) is 12.4 Å². The molecule has 5 nitrogen and oxygen atoms in total. The van der Waals surface area contributed by atoms with Crippen LogP contribution in [0.15, 0.2) is 24.3 Å². The van der Waals surface area contributed by atoms with Gasteiger partial charge in [-0.1, -0.05) is 32.9 Å². The molecule has 0 saturated heterocycles. The monoisotopic (exact) mass is 333 g/mol. The molecule has 1 aliphatic rings. The molecule has 24 heavy (non-hydrogen) atoms. The number of aliphatic carboxylic acids is 1. The number of carbonyl (C=O) groups excluding carboxylic acids is 1. The molecule has 132 valence electrons. The molecule has 1 aromatic carbocycles. The first-order chi connectivity index (χ1) is 11.2. The van der Waals surface area contributed by atoms with E-state index in [0.29, 0.717) is 19.4 Å². The Balaban J connectivity index is 1.80. The number of amides is 1. The maximum Gasteiger partial charge on any atom is 0.307 e. The van der Waals surface area contributed by atoms with Crippen LogP contribution in [0.5, 0.6) is 5.75 Å². The van der Waals surface area contributed by atoms with Crippen LogP contribution >= 0.6 is 0 Å². The number of rotatable bonds is 6. The second kappa shape index (κ2) is 7.24. The van der Waals surface area contributed by atoms with Crippen molar-refractivity contribution >= 4 is 11.9 Å². The van der Waals surface area contributed by atoms with Crippen molar-refractivity contribution in [2.45, 2.75) is 52.0 Å². The summed E-state index contributed by atoms with van der Waals surface area (Å²) in [6.07, 6.45) is 1.23. The molecule has 3 atom stereocenters. The summed E-state index contributed by atoms with van der Waals surface area (Å²) in [4.78, 5) is 23.1. The van der Waals surface area contributed by atoms with Gasteiger partial charge in [0, 0.05) is 0 Å². The molecular weight excluding hydrogens is 306 g/mol. The highest BCUT2D eigenvalue weighted by Crippen LogP contribution is 2.34. The molecular formula is C19H27NO4. The standard InChI is InChI=1S/C19H27NO4/c1-12(20-17(21)15-9-10-16(15)18(22)23)11-24-14-7-5-13(6-8-14)19(2,3)4/h5-8,12,15-16H,9-11H2,1-4H3,(H,20,21)(H,22,23). The fourth-order valence-corrected chi connectivity index (χ4v) is 2.77. The molecule has 0 aliphatic heterocycles. The lowest BCUT2D eigenvalue weighted by molar-refractivity contribution is -0.153. The first-order valence-electron chi connectivity index (χ1n) is 8.45. The summed E-state index contributed by atoms with van der Waals surface area (Å²) in [7, 11) is 0. The first kappa shape index (κ1) is 18.3. The highest BCUT2D eigenvalue weighted by Gasteiger charge is 2.41. The van der Waals surface area contributed by atoms with E-state index in [-0.39, 0.29) is 17.4 Å². The highest BCUT2D eigenvalue weighted by molar-refractivity contribution is 5.86.